The minimum atomic E-state index is -0.911. The summed E-state index contributed by atoms with van der Waals surface area (Å²) in [5.41, 5.74) is 1.19. The summed E-state index contributed by atoms with van der Waals surface area (Å²) in [6, 6.07) is 6.98. The Bertz CT molecular complexity index is 481. The number of hydrogen-bond acceptors (Lipinski definition) is 3. The highest BCUT2D eigenvalue weighted by Crippen LogP contribution is 2.19. The van der Waals surface area contributed by atoms with Crippen LogP contribution < -0.4 is 5.32 Å². The predicted molar refractivity (Wildman–Crippen MR) is 74.6 cm³/mol. The van der Waals surface area contributed by atoms with Crippen LogP contribution in [0, 0.1) is 0 Å². The van der Waals surface area contributed by atoms with Crippen molar-refractivity contribution in [3.05, 3.63) is 29.8 Å². The number of carbonyl (C=O) groups excluding carboxylic acids is 1. The van der Waals surface area contributed by atoms with Crippen LogP contribution in [-0.4, -0.2) is 29.7 Å². The Labute approximate surface area is 117 Å². The normalized spacial score (nSPS) is 17.9. The number of carbonyl (C=O) groups is 2. The van der Waals surface area contributed by atoms with Crippen LogP contribution in [0.15, 0.2) is 24.3 Å². The molecule has 5 nitrogen and oxygen atoms in total. The van der Waals surface area contributed by atoms with E-state index in [1.165, 1.54) is 0 Å². The number of ether oxygens (including phenoxy) is 1. The summed E-state index contributed by atoms with van der Waals surface area (Å²) in [5, 5.41) is 11.6. The molecule has 2 rings (SSSR count). The van der Waals surface area contributed by atoms with Crippen LogP contribution in [0.5, 0.6) is 0 Å². The molecule has 1 aliphatic heterocycles. The van der Waals surface area contributed by atoms with Crippen molar-refractivity contribution in [1.29, 1.82) is 0 Å². The zero-order valence-corrected chi connectivity index (χ0v) is 11.3. The molecule has 1 aromatic carbocycles. The second-order valence-corrected chi connectivity index (χ2v) is 4.95. The number of anilines is 1. The number of aliphatic carboxylic acids is 1. The van der Waals surface area contributed by atoms with Crippen molar-refractivity contribution in [3.8, 4) is 0 Å². The smallest absolute Gasteiger partial charge is 0.307 e. The number of carboxylic acid groups (broad SMARTS) is 1. The first-order valence-corrected chi connectivity index (χ1v) is 6.86. The average molecular weight is 277 g/mol. The maximum atomic E-state index is 11.9. The van der Waals surface area contributed by atoms with E-state index in [0.717, 1.165) is 19.4 Å². The molecule has 2 N–H and O–H groups in total. The van der Waals surface area contributed by atoms with Crippen LogP contribution in [0.2, 0.25) is 0 Å². The second kappa shape index (κ2) is 7.05. The molecule has 5 heteroatoms. The summed E-state index contributed by atoms with van der Waals surface area (Å²) < 4.78 is 5.47. The van der Waals surface area contributed by atoms with E-state index in [0.29, 0.717) is 24.1 Å². The third kappa shape index (κ3) is 4.35. The molecular formula is C15H19NO4. The Hall–Kier alpha value is -1.88. The number of benzene rings is 1. The zero-order valence-electron chi connectivity index (χ0n) is 11.3. The van der Waals surface area contributed by atoms with Crippen LogP contribution in [0.3, 0.4) is 0 Å². The Morgan fingerprint density at radius 1 is 1.35 bits per heavy atom. The SMILES string of the molecule is O=C(O)Cc1ccccc1NC(=O)CCC1CCCO1. The minimum absolute atomic E-state index is 0.0951. The highest BCUT2D eigenvalue weighted by Gasteiger charge is 2.17. The van der Waals surface area contributed by atoms with Crippen molar-refractivity contribution in [2.45, 2.75) is 38.2 Å². The quantitative estimate of drug-likeness (QED) is 0.836. The van der Waals surface area contributed by atoms with Gasteiger partial charge in [-0.2, -0.15) is 0 Å². The second-order valence-electron chi connectivity index (χ2n) is 4.95. The molecule has 1 aliphatic rings. The lowest BCUT2D eigenvalue weighted by atomic mass is 10.1. The summed E-state index contributed by atoms with van der Waals surface area (Å²) in [6.45, 7) is 0.785. The van der Waals surface area contributed by atoms with Crippen molar-refractivity contribution in [1.82, 2.24) is 0 Å². The van der Waals surface area contributed by atoms with Gasteiger partial charge in [0.1, 0.15) is 0 Å². The molecule has 0 radical (unpaired) electrons. The maximum absolute atomic E-state index is 11.9. The van der Waals surface area contributed by atoms with Gasteiger partial charge in [-0.1, -0.05) is 18.2 Å². The first kappa shape index (κ1) is 14.5. The van der Waals surface area contributed by atoms with Gasteiger partial charge in [0.15, 0.2) is 0 Å². The van der Waals surface area contributed by atoms with Crippen LogP contribution in [-0.2, 0) is 20.7 Å². The topological polar surface area (TPSA) is 75.6 Å². The molecule has 0 aliphatic carbocycles. The molecule has 0 bridgehead atoms. The number of para-hydroxylation sites is 1. The molecule has 0 aromatic heterocycles. The van der Waals surface area contributed by atoms with Gasteiger partial charge >= 0.3 is 5.97 Å². The fraction of sp³-hybridized carbons (Fsp3) is 0.467. The molecule has 20 heavy (non-hydrogen) atoms. The van der Waals surface area contributed by atoms with Gasteiger partial charge in [-0.15, -0.1) is 0 Å². The Morgan fingerprint density at radius 2 is 2.15 bits per heavy atom. The van der Waals surface area contributed by atoms with Gasteiger partial charge in [0.25, 0.3) is 0 Å². The Balaban J connectivity index is 1.88. The number of carboxylic acids is 1. The van der Waals surface area contributed by atoms with Gasteiger partial charge in [0.2, 0.25) is 5.91 Å². The van der Waals surface area contributed by atoms with E-state index >= 15 is 0 Å². The van der Waals surface area contributed by atoms with Gasteiger partial charge in [-0.25, -0.2) is 0 Å². The lowest BCUT2D eigenvalue weighted by Gasteiger charge is -2.11. The largest absolute Gasteiger partial charge is 0.481 e. The van der Waals surface area contributed by atoms with E-state index in [9.17, 15) is 9.59 Å². The molecule has 1 unspecified atom stereocenters. The molecule has 0 saturated carbocycles. The number of rotatable bonds is 6. The van der Waals surface area contributed by atoms with Gasteiger partial charge in [-0.3, -0.25) is 9.59 Å². The maximum Gasteiger partial charge on any atom is 0.307 e. The summed E-state index contributed by atoms with van der Waals surface area (Å²) in [7, 11) is 0. The minimum Gasteiger partial charge on any atom is -0.481 e. The molecular weight excluding hydrogens is 258 g/mol. The number of nitrogens with one attached hydrogen (secondary N) is 1. The summed E-state index contributed by atoms with van der Waals surface area (Å²) in [5.74, 6) is -1.01. The summed E-state index contributed by atoms with van der Waals surface area (Å²) in [4.78, 5) is 22.7. The first-order chi connectivity index (χ1) is 9.65. The van der Waals surface area contributed by atoms with Gasteiger partial charge in [-0.05, 0) is 30.9 Å². The Morgan fingerprint density at radius 3 is 2.85 bits per heavy atom. The number of hydrogen-bond donors (Lipinski definition) is 2. The van der Waals surface area contributed by atoms with Crippen molar-refractivity contribution in [2.24, 2.45) is 0 Å². The molecule has 1 heterocycles. The van der Waals surface area contributed by atoms with Crippen molar-refractivity contribution >= 4 is 17.6 Å². The highest BCUT2D eigenvalue weighted by molar-refractivity contribution is 5.92. The van der Waals surface area contributed by atoms with Gasteiger partial charge < -0.3 is 15.2 Å². The molecule has 1 saturated heterocycles. The fourth-order valence-electron chi connectivity index (χ4n) is 2.34. The van der Waals surface area contributed by atoms with E-state index in [2.05, 4.69) is 5.32 Å². The molecule has 1 atom stereocenters. The third-order valence-electron chi connectivity index (χ3n) is 3.35. The predicted octanol–water partition coefficient (Wildman–Crippen LogP) is 2.21. The molecule has 108 valence electrons. The molecule has 1 aromatic rings. The highest BCUT2D eigenvalue weighted by atomic mass is 16.5. The van der Waals surface area contributed by atoms with E-state index in [1.54, 1.807) is 24.3 Å². The van der Waals surface area contributed by atoms with E-state index in [-0.39, 0.29) is 18.4 Å². The number of amides is 1. The van der Waals surface area contributed by atoms with Crippen LogP contribution in [0.4, 0.5) is 5.69 Å². The average Bonchev–Trinajstić information content (AvgIpc) is 2.91. The van der Waals surface area contributed by atoms with Crippen molar-refractivity contribution < 1.29 is 19.4 Å². The Kier molecular flexibility index (Phi) is 5.12. The zero-order chi connectivity index (χ0) is 14.4. The van der Waals surface area contributed by atoms with Crippen molar-refractivity contribution in [2.75, 3.05) is 11.9 Å². The standard InChI is InChI=1S/C15H19NO4/c17-14(8-7-12-5-3-9-20-12)16-13-6-2-1-4-11(13)10-15(18)19/h1-2,4,6,12H,3,5,7-10H2,(H,16,17)(H,18,19). The van der Waals surface area contributed by atoms with Crippen LogP contribution >= 0.6 is 0 Å². The van der Waals surface area contributed by atoms with Gasteiger partial charge in [0.05, 0.1) is 12.5 Å². The van der Waals surface area contributed by atoms with Gasteiger partial charge in [0, 0.05) is 18.7 Å². The molecule has 0 spiro atoms. The third-order valence-corrected chi connectivity index (χ3v) is 3.35. The summed E-state index contributed by atoms with van der Waals surface area (Å²) in [6.07, 6.45) is 3.28. The molecule has 1 fully saturated rings. The monoisotopic (exact) mass is 277 g/mol. The van der Waals surface area contributed by atoms with Crippen LogP contribution in [0.25, 0.3) is 0 Å². The lowest BCUT2D eigenvalue weighted by molar-refractivity contribution is -0.136. The summed E-state index contributed by atoms with van der Waals surface area (Å²) >= 11 is 0. The van der Waals surface area contributed by atoms with E-state index < -0.39 is 5.97 Å². The van der Waals surface area contributed by atoms with E-state index in [4.69, 9.17) is 9.84 Å². The lowest BCUT2D eigenvalue weighted by Crippen LogP contribution is -2.16. The van der Waals surface area contributed by atoms with Crippen LogP contribution in [0.1, 0.15) is 31.2 Å². The fourth-order valence-corrected chi connectivity index (χ4v) is 2.34. The molecule has 1 amide bonds. The first-order valence-electron chi connectivity index (χ1n) is 6.86. The van der Waals surface area contributed by atoms with E-state index in [1.807, 2.05) is 0 Å². The van der Waals surface area contributed by atoms with Crippen molar-refractivity contribution in [3.63, 3.8) is 0 Å².